The number of pyridine rings is 1. The summed E-state index contributed by atoms with van der Waals surface area (Å²) in [7, 11) is 1.58. The minimum Gasteiger partial charge on any atom is -0.444 e. The average Bonchev–Trinajstić information content (AvgIpc) is 2.96. The van der Waals surface area contributed by atoms with Gasteiger partial charge in [-0.1, -0.05) is 11.6 Å². The van der Waals surface area contributed by atoms with Crippen LogP contribution in [0.15, 0.2) is 12.3 Å². The van der Waals surface area contributed by atoms with E-state index in [-0.39, 0.29) is 16.4 Å². The van der Waals surface area contributed by atoms with E-state index in [1.807, 2.05) is 0 Å². The highest BCUT2D eigenvalue weighted by atomic mass is 35.5. The fourth-order valence-corrected chi connectivity index (χ4v) is 2.16. The van der Waals surface area contributed by atoms with E-state index in [1.165, 1.54) is 17.2 Å². The molecule has 0 aliphatic carbocycles. The molecule has 9 heteroatoms. The van der Waals surface area contributed by atoms with Crippen LogP contribution in [0.2, 0.25) is 5.15 Å². The van der Waals surface area contributed by atoms with Gasteiger partial charge >= 0.3 is 6.09 Å². The Morgan fingerprint density at radius 1 is 1.42 bits per heavy atom. The van der Waals surface area contributed by atoms with Crippen LogP contribution in [0.5, 0.6) is 0 Å². The number of hydrogen-bond acceptors (Lipinski definition) is 5. The number of rotatable bonds is 3. The summed E-state index contributed by atoms with van der Waals surface area (Å²) in [6.07, 6.45) is 0.860. The highest BCUT2D eigenvalue weighted by Crippen LogP contribution is 2.31. The molecule has 0 bridgehead atoms. The van der Waals surface area contributed by atoms with Gasteiger partial charge < -0.3 is 9.64 Å². The van der Waals surface area contributed by atoms with Gasteiger partial charge in [-0.05, 0) is 33.8 Å². The first-order valence-electron chi connectivity index (χ1n) is 7.28. The van der Waals surface area contributed by atoms with Gasteiger partial charge in [-0.2, -0.15) is 15.4 Å². The van der Waals surface area contributed by atoms with Crippen molar-refractivity contribution in [1.29, 1.82) is 0 Å². The van der Waals surface area contributed by atoms with Crippen LogP contribution >= 0.6 is 11.6 Å². The predicted molar refractivity (Wildman–Crippen MR) is 87.0 cm³/mol. The third-order valence-corrected chi connectivity index (χ3v) is 3.60. The van der Waals surface area contributed by atoms with Gasteiger partial charge in [0.1, 0.15) is 17.0 Å². The van der Waals surface area contributed by atoms with Crippen molar-refractivity contribution >= 4 is 17.7 Å². The van der Waals surface area contributed by atoms with Gasteiger partial charge in [0.25, 0.3) is 0 Å². The highest BCUT2D eigenvalue weighted by Gasteiger charge is 2.28. The fourth-order valence-electron chi connectivity index (χ4n) is 2.01. The Morgan fingerprint density at radius 3 is 2.71 bits per heavy atom. The van der Waals surface area contributed by atoms with E-state index in [0.717, 1.165) is 0 Å². The summed E-state index contributed by atoms with van der Waals surface area (Å²) < 4.78 is 19.5. The molecule has 2 rings (SSSR count). The fraction of sp³-hybridized carbons (Fsp3) is 0.467. The molecule has 1 amide bonds. The Morgan fingerprint density at radius 2 is 2.08 bits per heavy atom. The predicted octanol–water partition coefficient (Wildman–Crippen LogP) is 3.59. The molecule has 7 nitrogen and oxygen atoms in total. The van der Waals surface area contributed by atoms with E-state index in [0.29, 0.717) is 5.69 Å². The standard InChI is InChI=1S/C15H19ClFN5O2/c1-8(22(5)14(23)24-15(2,3)4)11-12(20-21-19-11)9-6-7-18-13(16)10(9)17/h6-8H,1-5H3,(H,19,20,21). The van der Waals surface area contributed by atoms with Gasteiger partial charge in [0.2, 0.25) is 0 Å². The van der Waals surface area contributed by atoms with Gasteiger partial charge in [-0.3, -0.25) is 0 Å². The summed E-state index contributed by atoms with van der Waals surface area (Å²) in [5, 5.41) is 10.2. The van der Waals surface area contributed by atoms with Crippen LogP contribution < -0.4 is 0 Å². The Balaban J connectivity index is 2.32. The number of aromatic amines is 1. The molecule has 1 atom stereocenters. The summed E-state index contributed by atoms with van der Waals surface area (Å²) in [4.78, 5) is 17.2. The number of aromatic nitrogens is 4. The van der Waals surface area contributed by atoms with Gasteiger partial charge in [0, 0.05) is 18.8 Å². The lowest BCUT2D eigenvalue weighted by atomic mass is 10.1. The number of nitrogens with zero attached hydrogens (tertiary/aromatic N) is 4. The molecule has 0 aromatic carbocycles. The molecule has 1 N–H and O–H groups in total. The van der Waals surface area contributed by atoms with E-state index in [4.69, 9.17) is 16.3 Å². The van der Waals surface area contributed by atoms with Gasteiger partial charge in [0.05, 0.1) is 6.04 Å². The number of nitrogens with one attached hydrogen (secondary N) is 1. The Bertz CT molecular complexity index is 744. The maximum absolute atomic E-state index is 14.2. The van der Waals surface area contributed by atoms with Crippen molar-refractivity contribution in [1.82, 2.24) is 25.3 Å². The first-order valence-corrected chi connectivity index (χ1v) is 7.66. The SMILES string of the molecule is CC(c1n[nH]nc1-c1ccnc(Cl)c1F)N(C)C(=O)OC(C)(C)C. The summed E-state index contributed by atoms with van der Waals surface area (Å²) in [5.41, 5.74) is 0.190. The number of amides is 1. The van der Waals surface area contributed by atoms with Crippen LogP contribution in [0, 0.1) is 5.82 Å². The largest absolute Gasteiger partial charge is 0.444 e. The molecular weight excluding hydrogens is 337 g/mol. The van der Waals surface area contributed by atoms with Gasteiger partial charge in [-0.25, -0.2) is 14.2 Å². The quantitative estimate of drug-likeness (QED) is 0.850. The molecule has 24 heavy (non-hydrogen) atoms. The number of halogens is 2. The molecule has 130 valence electrons. The second kappa shape index (κ2) is 6.72. The third-order valence-electron chi connectivity index (χ3n) is 3.33. The average molecular weight is 356 g/mol. The van der Waals surface area contributed by atoms with Crippen molar-refractivity contribution in [2.75, 3.05) is 7.05 Å². The van der Waals surface area contributed by atoms with E-state index in [2.05, 4.69) is 20.4 Å². The van der Waals surface area contributed by atoms with Crippen molar-refractivity contribution in [3.63, 3.8) is 0 Å². The number of ether oxygens (including phenoxy) is 1. The van der Waals surface area contributed by atoms with Crippen LogP contribution in [0.1, 0.15) is 39.4 Å². The molecule has 0 aliphatic rings. The molecule has 1 unspecified atom stereocenters. The van der Waals surface area contributed by atoms with Crippen molar-refractivity contribution in [2.24, 2.45) is 0 Å². The zero-order valence-electron chi connectivity index (χ0n) is 14.1. The first-order chi connectivity index (χ1) is 11.1. The maximum atomic E-state index is 14.2. The van der Waals surface area contributed by atoms with Crippen molar-refractivity contribution in [3.05, 3.63) is 28.9 Å². The second-order valence-electron chi connectivity index (χ2n) is 6.29. The maximum Gasteiger partial charge on any atom is 0.410 e. The monoisotopic (exact) mass is 355 g/mol. The summed E-state index contributed by atoms with van der Waals surface area (Å²) in [6.45, 7) is 7.07. The molecule has 0 fully saturated rings. The Labute approximate surface area is 144 Å². The second-order valence-corrected chi connectivity index (χ2v) is 6.65. The molecule has 0 radical (unpaired) electrons. The van der Waals surface area contributed by atoms with Gasteiger partial charge in [0.15, 0.2) is 11.0 Å². The molecular formula is C15H19ClFN5O2. The van der Waals surface area contributed by atoms with Crippen LogP contribution in [0.25, 0.3) is 11.3 Å². The number of carbonyl (C=O) groups excluding carboxylic acids is 1. The molecule has 0 aliphatic heterocycles. The van der Waals surface area contributed by atoms with Crippen molar-refractivity contribution < 1.29 is 13.9 Å². The molecule has 2 heterocycles. The molecule has 0 saturated carbocycles. The van der Waals surface area contributed by atoms with E-state index in [9.17, 15) is 9.18 Å². The lowest BCUT2D eigenvalue weighted by molar-refractivity contribution is 0.0231. The topological polar surface area (TPSA) is 84.0 Å². The van der Waals surface area contributed by atoms with Crippen LogP contribution in [0.3, 0.4) is 0 Å². The molecule has 0 saturated heterocycles. The Hall–Kier alpha value is -2.22. The number of hydrogen-bond donors (Lipinski definition) is 1. The highest BCUT2D eigenvalue weighted by molar-refractivity contribution is 6.29. The zero-order chi connectivity index (χ0) is 18.1. The smallest absolute Gasteiger partial charge is 0.410 e. The van der Waals surface area contributed by atoms with Crippen LogP contribution in [0.4, 0.5) is 9.18 Å². The number of carbonyl (C=O) groups is 1. The lowest BCUT2D eigenvalue weighted by Gasteiger charge is -2.28. The van der Waals surface area contributed by atoms with E-state index < -0.39 is 23.6 Å². The van der Waals surface area contributed by atoms with Crippen molar-refractivity contribution in [2.45, 2.75) is 39.3 Å². The summed E-state index contributed by atoms with van der Waals surface area (Å²) in [6, 6.07) is 0.947. The van der Waals surface area contributed by atoms with Crippen molar-refractivity contribution in [3.8, 4) is 11.3 Å². The minimum atomic E-state index is -0.693. The number of H-pyrrole nitrogens is 1. The molecule has 2 aromatic heterocycles. The van der Waals surface area contributed by atoms with Crippen LogP contribution in [-0.4, -0.2) is 44.0 Å². The van der Waals surface area contributed by atoms with Crippen LogP contribution in [-0.2, 0) is 4.74 Å². The Kier molecular flexibility index (Phi) is 5.08. The first kappa shape index (κ1) is 18.1. The van der Waals surface area contributed by atoms with E-state index >= 15 is 0 Å². The molecule has 0 spiro atoms. The molecule has 2 aromatic rings. The lowest BCUT2D eigenvalue weighted by Crippen LogP contribution is -2.36. The minimum absolute atomic E-state index is 0.156. The third kappa shape index (κ3) is 3.81. The van der Waals surface area contributed by atoms with Gasteiger partial charge in [-0.15, -0.1) is 0 Å². The van der Waals surface area contributed by atoms with E-state index in [1.54, 1.807) is 34.7 Å². The summed E-state index contributed by atoms with van der Waals surface area (Å²) in [5.74, 6) is -0.693. The zero-order valence-corrected chi connectivity index (χ0v) is 14.8. The normalized spacial score (nSPS) is 12.8. The summed E-state index contributed by atoms with van der Waals surface area (Å²) >= 11 is 5.72.